The van der Waals surface area contributed by atoms with Gasteiger partial charge in [-0.15, -0.1) is 0 Å². The fraction of sp³-hybridized carbons (Fsp3) is 0.455. The summed E-state index contributed by atoms with van der Waals surface area (Å²) in [5, 5.41) is 9.68. The van der Waals surface area contributed by atoms with Gasteiger partial charge in [0.15, 0.2) is 0 Å². The molecule has 2 rings (SSSR count). The zero-order valence-electron chi connectivity index (χ0n) is 9.91. The van der Waals surface area contributed by atoms with E-state index in [4.69, 9.17) is 21.1 Å². The molecule has 1 aromatic rings. The van der Waals surface area contributed by atoms with E-state index < -0.39 is 29.7 Å². The zero-order valence-corrected chi connectivity index (χ0v) is 10.7. The lowest BCUT2D eigenvalue weighted by Crippen LogP contribution is -2.32. The standard InChI is InChI=1S/C11H13ClN2O5/c1-2-18-5-8-7(15)3-9(19-8)14-4-6(12)10(16)13-11(14)17/h2,4,7-9,15H,1,3,5H2,(H,13,16,17)/t7-,8+,9+/m0/s1. The first-order chi connectivity index (χ1) is 9.02. The molecule has 0 radical (unpaired) electrons. The van der Waals surface area contributed by atoms with Crippen LogP contribution in [0.1, 0.15) is 12.6 Å². The lowest BCUT2D eigenvalue weighted by molar-refractivity contribution is -0.0484. The number of aliphatic hydroxyl groups excluding tert-OH is 1. The molecule has 8 heteroatoms. The number of rotatable bonds is 4. The topological polar surface area (TPSA) is 93.5 Å². The first-order valence-electron chi connectivity index (χ1n) is 5.60. The molecule has 1 aliphatic rings. The summed E-state index contributed by atoms with van der Waals surface area (Å²) in [4.78, 5) is 24.9. The van der Waals surface area contributed by atoms with Gasteiger partial charge < -0.3 is 14.6 Å². The van der Waals surface area contributed by atoms with Crippen LogP contribution in [-0.4, -0.2) is 33.5 Å². The molecule has 1 aliphatic heterocycles. The highest BCUT2D eigenvalue weighted by Crippen LogP contribution is 2.27. The first-order valence-corrected chi connectivity index (χ1v) is 5.97. The summed E-state index contributed by atoms with van der Waals surface area (Å²) < 4.78 is 11.6. The molecule has 0 aliphatic carbocycles. The van der Waals surface area contributed by atoms with E-state index in [-0.39, 0.29) is 18.1 Å². The van der Waals surface area contributed by atoms with Crippen LogP contribution in [0.3, 0.4) is 0 Å². The summed E-state index contributed by atoms with van der Waals surface area (Å²) in [6.07, 6.45) is 0.593. The monoisotopic (exact) mass is 288 g/mol. The van der Waals surface area contributed by atoms with Gasteiger partial charge in [0.1, 0.15) is 24.0 Å². The molecule has 0 bridgehead atoms. The van der Waals surface area contributed by atoms with E-state index in [2.05, 4.69) is 11.6 Å². The van der Waals surface area contributed by atoms with E-state index in [0.29, 0.717) is 0 Å². The molecule has 0 unspecified atom stereocenters. The highest BCUT2D eigenvalue weighted by atomic mass is 35.5. The van der Waals surface area contributed by atoms with Crippen molar-refractivity contribution in [2.45, 2.75) is 24.9 Å². The Morgan fingerprint density at radius 2 is 2.42 bits per heavy atom. The summed E-state index contributed by atoms with van der Waals surface area (Å²) in [6, 6.07) is 0. The third kappa shape index (κ3) is 2.89. The molecular weight excluding hydrogens is 276 g/mol. The maximum Gasteiger partial charge on any atom is 0.330 e. The number of hydrogen-bond donors (Lipinski definition) is 2. The van der Waals surface area contributed by atoms with Crippen LogP contribution in [0.5, 0.6) is 0 Å². The van der Waals surface area contributed by atoms with Gasteiger partial charge in [-0.1, -0.05) is 18.2 Å². The predicted octanol–water partition coefficient (Wildman–Crippen LogP) is -0.00150. The van der Waals surface area contributed by atoms with Crippen LogP contribution in [0.4, 0.5) is 0 Å². The molecule has 3 atom stereocenters. The molecule has 2 N–H and O–H groups in total. The summed E-state index contributed by atoms with van der Waals surface area (Å²) in [6.45, 7) is 3.52. The van der Waals surface area contributed by atoms with Gasteiger partial charge in [-0.2, -0.15) is 0 Å². The molecule has 19 heavy (non-hydrogen) atoms. The van der Waals surface area contributed by atoms with Crippen molar-refractivity contribution in [2.24, 2.45) is 0 Å². The molecule has 0 saturated carbocycles. The van der Waals surface area contributed by atoms with E-state index in [9.17, 15) is 14.7 Å². The van der Waals surface area contributed by atoms with Crippen LogP contribution in [0.25, 0.3) is 0 Å². The Bertz CT molecular complexity index is 581. The molecule has 104 valence electrons. The van der Waals surface area contributed by atoms with E-state index in [1.807, 2.05) is 0 Å². The Hall–Kier alpha value is -1.57. The van der Waals surface area contributed by atoms with Gasteiger partial charge in [-0.05, 0) is 0 Å². The molecule has 0 spiro atoms. The molecule has 1 saturated heterocycles. The number of aliphatic hydroxyl groups is 1. The minimum Gasteiger partial charge on any atom is -0.499 e. The SMILES string of the molecule is C=COC[C@H]1O[C@@H](n2cc(Cl)c(=O)[nH]c2=O)C[C@@H]1O. The van der Waals surface area contributed by atoms with Crippen LogP contribution >= 0.6 is 11.6 Å². The Morgan fingerprint density at radius 1 is 1.68 bits per heavy atom. The number of nitrogens with one attached hydrogen (secondary N) is 1. The number of halogens is 1. The van der Waals surface area contributed by atoms with Gasteiger partial charge in [0.05, 0.1) is 12.4 Å². The normalized spacial score (nSPS) is 26.3. The molecular formula is C11H13ClN2O5. The van der Waals surface area contributed by atoms with Gasteiger partial charge in [0.2, 0.25) is 0 Å². The quantitative estimate of drug-likeness (QED) is 0.761. The minimum atomic E-state index is -0.775. The number of nitrogens with zero attached hydrogens (tertiary/aromatic N) is 1. The first kappa shape index (κ1) is 13.9. The van der Waals surface area contributed by atoms with Crippen LogP contribution in [0, 0.1) is 0 Å². The summed E-state index contributed by atoms with van der Waals surface area (Å²) in [5.74, 6) is 0. The predicted molar refractivity (Wildman–Crippen MR) is 67.0 cm³/mol. The third-order valence-electron chi connectivity index (χ3n) is 2.82. The fourth-order valence-corrected chi connectivity index (χ4v) is 2.03. The van der Waals surface area contributed by atoms with Crippen molar-refractivity contribution in [1.29, 1.82) is 0 Å². The van der Waals surface area contributed by atoms with Gasteiger partial charge >= 0.3 is 5.69 Å². The average molecular weight is 289 g/mol. The maximum absolute atomic E-state index is 11.6. The van der Waals surface area contributed by atoms with Gasteiger partial charge in [-0.3, -0.25) is 14.3 Å². The van der Waals surface area contributed by atoms with Crippen molar-refractivity contribution in [2.75, 3.05) is 6.61 Å². The lowest BCUT2D eigenvalue weighted by atomic mass is 10.2. The average Bonchev–Trinajstić information content (AvgIpc) is 2.72. The second kappa shape index (κ2) is 5.60. The van der Waals surface area contributed by atoms with Gasteiger partial charge in [0.25, 0.3) is 5.56 Å². The highest BCUT2D eigenvalue weighted by molar-refractivity contribution is 6.30. The number of hydrogen-bond acceptors (Lipinski definition) is 5. The Balaban J connectivity index is 2.20. The van der Waals surface area contributed by atoms with E-state index >= 15 is 0 Å². The third-order valence-corrected chi connectivity index (χ3v) is 3.09. The van der Waals surface area contributed by atoms with Crippen molar-refractivity contribution in [3.63, 3.8) is 0 Å². The van der Waals surface area contributed by atoms with E-state index in [1.165, 1.54) is 12.5 Å². The molecule has 0 amide bonds. The number of aromatic amines is 1. The number of H-pyrrole nitrogens is 1. The van der Waals surface area contributed by atoms with Crippen molar-refractivity contribution in [3.05, 3.63) is 44.9 Å². The van der Waals surface area contributed by atoms with Crippen molar-refractivity contribution >= 4 is 11.6 Å². The van der Waals surface area contributed by atoms with Gasteiger partial charge in [-0.25, -0.2) is 4.79 Å². The Morgan fingerprint density at radius 3 is 3.11 bits per heavy atom. The van der Waals surface area contributed by atoms with Crippen molar-refractivity contribution < 1.29 is 14.6 Å². The Kier molecular flexibility index (Phi) is 4.08. The van der Waals surface area contributed by atoms with Crippen molar-refractivity contribution in [3.8, 4) is 0 Å². The highest BCUT2D eigenvalue weighted by Gasteiger charge is 2.35. The zero-order chi connectivity index (χ0) is 14.0. The summed E-state index contributed by atoms with van der Waals surface area (Å²) >= 11 is 5.66. The number of ether oxygens (including phenoxy) is 2. The smallest absolute Gasteiger partial charge is 0.330 e. The molecule has 7 nitrogen and oxygen atoms in total. The summed E-state index contributed by atoms with van der Waals surface area (Å²) in [5.41, 5.74) is -1.30. The minimum absolute atomic E-state index is 0.122. The van der Waals surface area contributed by atoms with Crippen LogP contribution < -0.4 is 11.2 Å². The van der Waals surface area contributed by atoms with E-state index in [0.717, 1.165) is 4.57 Å². The molecule has 1 fully saturated rings. The number of aromatic nitrogens is 2. The lowest BCUT2D eigenvalue weighted by Gasteiger charge is -2.15. The second-order valence-corrected chi connectivity index (χ2v) is 4.48. The van der Waals surface area contributed by atoms with Crippen LogP contribution in [-0.2, 0) is 9.47 Å². The molecule has 0 aromatic carbocycles. The van der Waals surface area contributed by atoms with Gasteiger partial charge in [0, 0.05) is 12.6 Å². The van der Waals surface area contributed by atoms with Crippen LogP contribution in [0.2, 0.25) is 5.02 Å². The largest absolute Gasteiger partial charge is 0.499 e. The van der Waals surface area contributed by atoms with Crippen molar-refractivity contribution in [1.82, 2.24) is 9.55 Å². The fourth-order valence-electron chi connectivity index (χ4n) is 1.87. The summed E-state index contributed by atoms with van der Waals surface area (Å²) in [7, 11) is 0. The maximum atomic E-state index is 11.6. The molecule has 1 aromatic heterocycles. The van der Waals surface area contributed by atoms with Crippen LogP contribution in [0.15, 0.2) is 28.6 Å². The Labute approximate surface area is 113 Å². The van der Waals surface area contributed by atoms with E-state index in [1.54, 1.807) is 0 Å². The molecule has 2 heterocycles. The second-order valence-electron chi connectivity index (χ2n) is 4.08.